The van der Waals surface area contributed by atoms with Gasteiger partial charge in [0, 0.05) is 40.3 Å². The van der Waals surface area contributed by atoms with Crippen molar-refractivity contribution in [2.24, 2.45) is 23.7 Å². The molecule has 1 aromatic rings. The van der Waals surface area contributed by atoms with Gasteiger partial charge in [-0.3, -0.25) is 24.1 Å². The predicted molar refractivity (Wildman–Crippen MR) is 219 cm³/mol. The molecule has 1 aliphatic rings. The van der Waals surface area contributed by atoms with Crippen LogP contribution in [-0.2, 0) is 44.6 Å². The molecule has 1 heterocycles. The summed E-state index contributed by atoms with van der Waals surface area (Å²) in [6.45, 7) is 18.2. The molecule has 1 aromatic carbocycles. The fourth-order valence-electron chi connectivity index (χ4n) is 8.05. The van der Waals surface area contributed by atoms with Gasteiger partial charge in [-0.05, 0) is 57.1 Å². The molecule has 56 heavy (non-hydrogen) atoms. The summed E-state index contributed by atoms with van der Waals surface area (Å²) in [6, 6.07) is 6.58. The summed E-state index contributed by atoms with van der Waals surface area (Å²) >= 11 is 0. The first-order chi connectivity index (χ1) is 26.4. The molecule has 318 valence electrons. The lowest BCUT2D eigenvalue weighted by Gasteiger charge is -2.41. The van der Waals surface area contributed by atoms with E-state index >= 15 is 0 Å². The third-order valence-corrected chi connectivity index (χ3v) is 11.7. The molecule has 1 saturated heterocycles. The minimum absolute atomic E-state index is 0.00540. The highest BCUT2D eigenvalue weighted by Gasteiger charge is 2.43. The number of carbonyl (C=O) groups excluding carboxylic acids is 5. The number of likely N-dealkylation sites (N-methyl/N-ethyl adjacent to an activating group) is 2. The first kappa shape index (κ1) is 48.6. The number of likely N-dealkylation sites (tertiary alicyclic amines) is 1. The van der Waals surface area contributed by atoms with Crippen LogP contribution in [0, 0.1) is 23.7 Å². The Morgan fingerprint density at radius 1 is 0.857 bits per heavy atom. The summed E-state index contributed by atoms with van der Waals surface area (Å²) in [5.74, 6) is -2.42. The van der Waals surface area contributed by atoms with Crippen LogP contribution in [0.25, 0.3) is 0 Å². The van der Waals surface area contributed by atoms with Gasteiger partial charge in [-0.25, -0.2) is 4.79 Å². The van der Waals surface area contributed by atoms with Crippen LogP contribution in [-0.4, -0.2) is 135 Å². The minimum atomic E-state index is -0.891. The number of rotatable bonds is 22. The number of hydrogen-bond donors (Lipinski definition) is 2. The lowest BCUT2D eigenvalue weighted by molar-refractivity contribution is -0.149. The molecule has 1 fully saturated rings. The molecule has 0 saturated carbocycles. The van der Waals surface area contributed by atoms with Crippen LogP contribution >= 0.6 is 0 Å². The van der Waals surface area contributed by atoms with Crippen LogP contribution in [0.1, 0.15) is 93.6 Å². The highest BCUT2D eigenvalue weighted by Crippen LogP contribution is 2.30. The van der Waals surface area contributed by atoms with Crippen LogP contribution in [0.15, 0.2) is 30.3 Å². The number of hydrogen-bond acceptors (Lipinski definition) is 9. The first-order valence-corrected chi connectivity index (χ1v) is 20.4. The molecule has 0 spiro atoms. The monoisotopic (exact) mass is 788 g/mol. The predicted octanol–water partition coefficient (Wildman–Crippen LogP) is 4.31. The van der Waals surface area contributed by atoms with E-state index < -0.39 is 54.3 Å². The van der Waals surface area contributed by atoms with Gasteiger partial charge in [-0.2, -0.15) is 0 Å². The van der Waals surface area contributed by atoms with Crippen molar-refractivity contribution in [2.75, 3.05) is 42.0 Å². The van der Waals surface area contributed by atoms with Gasteiger partial charge in [0.25, 0.3) is 0 Å². The van der Waals surface area contributed by atoms with Crippen molar-refractivity contribution >= 4 is 29.6 Å². The molecule has 0 radical (unpaired) electrons. The highest BCUT2D eigenvalue weighted by molar-refractivity contribution is 5.90. The molecule has 9 atom stereocenters. The van der Waals surface area contributed by atoms with Crippen LogP contribution in [0.5, 0.6) is 0 Å². The molecule has 1 aliphatic heterocycles. The maximum Gasteiger partial charge on any atom is 0.328 e. The second-order valence-electron chi connectivity index (χ2n) is 16.5. The fourth-order valence-corrected chi connectivity index (χ4v) is 8.05. The summed E-state index contributed by atoms with van der Waals surface area (Å²) in [7, 11) is 8.04. The van der Waals surface area contributed by atoms with Crippen molar-refractivity contribution in [2.45, 2.75) is 143 Å². The third-order valence-electron chi connectivity index (χ3n) is 11.7. The molecule has 0 aliphatic carbocycles. The second kappa shape index (κ2) is 23.0. The van der Waals surface area contributed by atoms with Crippen LogP contribution < -0.4 is 10.6 Å². The van der Waals surface area contributed by atoms with Crippen molar-refractivity contribution in [3.05, 3.63) is 35.9 Å². The summed E-state index contributed by atoms with van der Waals surface area (Å²) in [5, 5.41) is 5.95. The lowest BCUT2D eigenvalue weighted by atomic mass is 9.89. The largest absolute Gasteiger partial charge is 0.467 e. The zero-order chi connectivity index (χ0) is 42.4. The van der Waals surface area contributed by atoms with Crippen molar-refractivity contribution in [3.63, 3.8) is 0 Å². The van der Waals surface area contributed by atoms with Crippen molar-refractivity contribution in [1.29, 1.82) is 0 Å². The molecular weight excluding hydrogens is 714 g/mol. The van der Waals surface area contributed by atoms with Crippen molar-refractivity contribution in [1.82, 2.24) is 25.3 Å². The number of nitrogens with zero attached hydrogens (tertiary/aromatic N) is 3. The minimum Gasteiger partial charge on any atom is -0.467 e. The van der Waals surface area contributed by atoms with Gasteiger partial charge in [0.2, 0.25) is 23.6 Å². The summed E-state index contributed by atoms with van der Waals surface area (Å²) in [5.41, 5.74) is 0.876. The van der Waals surface area contributed by atoms with Gasteiger partial charge < -0.3 is 34.6 Å². The van der Waals surface area contributed by atoms with E-state index in [9.17, 15) is 24.0 Å². The molecule has 2 rings (SSSR count). The summed E-state index contributed by atoms with van der Waals surface area (Å²) < 4.78 is 17.0. The van der Waals surface area contributed by atoms with Crippen molar-refractivity contribution in [3.8, 4) is 0 Å². The molecule has 2 N–H and O–H groups in total. The van der Waals surface area contributed by atoms with E-state index in [1.54, 1.807) is 30.9 Å². The average molecular weight is 788 g/mol. The Kier molecular flexibility index (Phi) is 20.0. The van der Waals surface area contributed by atoms with E-state index in [1.165, 1.54) is 14.2 Å². The number of carbonyl (C=O) groups is 5. The molecule has 4 amide bonds. The van der Waals surface area contributed by atoms with E-state index in [1.807, 2.05) is 97.7 Å². The molecule has 0 aromatic heterocycles. The molecular formula is C43H73N5O8. The lowest BCUT2D eigenvalue weighted by Crippen LogP contribution is -2.60. The summed E-state index contributed by atoms with van der Waals surface area (Å²) in [4.78, 5) is 74.2. The zero-order valence-corrected chi connectivity index (χ0v) is 36.7. The van der Waals surface area contributed by atoms with E-state index in [4.69, 9.17) is 14.2 Å². The Bertz CT molecular complexity index is 1410. The molecule has 0 unspecified atom stereocenters. The maximum atomic E-state index is 14.4. The normalized spacial score (nSPS) is 18.9. The van der Waals surface area contributed by atoms with E-state index in [0.29, 0.717) is 13.0 Å². The number of benzene rings is 1. The number of esters is 1. The fraction of sp³-hybridized carbons (Fsp3) is 0.744. The SMILES string of the molecule is CC[C@H](C)[C@@H]([C@@H](CC(=O)N1CCC[C@H]1[C@H](OC)[C@@H](C)C(=O)N[C@@H](Cc1ccccc1)C(=O)OC)OC)N(C)C(=O)[C@@H](NC(=O)[C@H](C(C)C)N(C)C(C)C)C(C)C. The van der Waals surface area contributed by atoms with Crippen LogP contribution in [0.3, 0.4) is 0 Å². The van der Waals surface area contributed by atoms with E-state index in [-0.39, 0.29) is 60.3 Å². The molecule has 0 bridgehead atoms. The Morgan fingerprint density at radius 3 is 1.98 bits per heavy atom. The Morgan fingerprint density at radius 2 is 1.48 bits per heavy atom. The van der Waals surface area contributed by atoms with Gasteiger partial charge in [0.15, 0.2) is 0 Å². The van der Waals surface area contributed by atoms with Gasteiger partial charge in [-0.15, -0.1) is 0 Å². The van der Waals surface area contributed by atoms with Crippen LogP contribution in [0.2, 0.25) is 0 Å². The van der Waals surface area contributed by atoms with E-state index in [2.05, 4.69) is 10.6 Å². The van der Waals surface area contributed by atoms with Gasteiger partial charge in [-0.1, -0.05) is 85.2 Å². The molecule has 13 nitrogen and oxygen atoms in total. The Hall–Kier alpha value is -3.55. The first-order valence-electron chi connectivity index (χ1n) is 20.4. The second-order valence-corrected chi connectivity index (χ2v) is 16.5. The molecule has 13 heteroatoms. The average Bonchev–Trinajstić information content (AvgIpc) is 3.65. The Balaban J connectivity index is 2.30. The Labute approximate surface area is 336 Å². The highest BCUT2D eigenvalue weighted by atomic mass is 16.5. The number of nitrogens with one attached hydrogen (secondary N) is 2. The maximum absolute atomic E-state index is 14.4. The number of ether oxygens (including phenoxy) is 3. The van der Waals surface area contributed by atoms with Gasteiger partial charge in [0.05, 0.1) is 49.8 Å². The zero-order valence-electron chi connectivity index (χ0n) is 36.7. The van der Waals surface area contributed by atoms with Crippen LogP contribution in [0.4, 0.5) is 0 Å². The topological polar surface area (TPSA) is 147 Å². The standard InChI is InChI=1S/C43H73N5O8/c1-15-29(8)38(47(11)42(52)36(26(2)3)45-41(51)37(27(4)5)46(10)28(6)7)34(54-12)25-35(49)48-23-19-22-33(48)39(55-13)30(9)40(50)44-32(43(53)56-14)24-31-20-17-16-18-21-31/h16-18,20-21,26-30,32-34,36-39H,15,19,22-25H2,1-14H3,(H,44,50)(H,45,51)/t29-,30+,32-,33-,34+,36-,37-,38-,39+/m0/s1. The van der Waals surface area contributed by atoms with Crippen molar-refractivity contribution < 1.29 is 38.2 Å². The summed E-state index contributed by atoms with van der Waals surface area (Å²) in [6.07, 6.45) is 1.07. The third kappa shape index (κ3) is 12.7. The smallest absolute Gasteiger partial charge is 0.328 e. The van der Waals surface area contributed by atoms with Gasteiger partial charge in [0.1, 0.15) is 12.1 Å². The quantitative estimate of drug-likeness (QED) is 0.164. The number of methoxy groups -OCH3 is 3. The van der Waals surface area contributed by atoms with Gasteiger partial charge >= 0.3 is 5.97 Å². The number of amides is 4. The van der Waals surface area contributed by atoms with E-state index in [0.717, 1.165) is 18.4 Å².